The molecule has 7 heteroatoms. The highest BCUT2D eigenvalue weighted by molar-refractivity contribution is 6.02. The highest BCUT2D eigenvalue weighted by atomic mass is 16.2. The molecule has 84 valence electrons. The van der Waals surface area contributed by atoms with E-state index in [9.17, 15) is 9.59 Å². The van der Waals surface area contributed by atoms with Gasteiger partial charge in [-0.05, 0) is 12.1 Å². The molecule has 2 amide bonds. The second-order valence-electron chi connectivity index (χ2n) is 3.35. The number of rotatable bonds is 2. The third-order valence-electron chi connectivity index (χ3n) is 2.15. The van der Waals surface area contributed by atoms with Gasteiger partial charge in [-0.2, -0.15) is 0 Å². The molecule has 0 spiro atoms. The summed E-state index contributed by atoms with van der Waals surface area (Å²) in [6.45, 7) is 0.236. The first-order valence-electron chi connectivity index (χ1n) is 4.70. The fraction of sp³-hybridized carbons (Fsp3) is 0.222. The largest absolute Gasteiger partial charge is 0.338 e. The third-order valence-corrected chi connectivity index (χ3v) is 2.15. The van der Waals surface area contributed by atoms with Crippen LogP contribution in [0, 0.1) is 0 Å². The summed E-state index contributed by atoms with van der Waals surface area (Å²) in [6, 6.07) is 5.15. The Balaban J connectivity index is 2.22. The molecule has 2 rings (SSSR count). The Morgan fingerprint density at radius 3 is 2.62 bits per heavy atom. The summed E-state index contributed by atoms with van der Waals surface area (Å²) >= 11 is 0. The van der Waals surface area contributed by atoms with E-state index in [1.54, 1.807) is 23.1 Å². The summed E-state index contributed by atoms with van der Waals surface area (Å²) in [4.78, 5) is 28.1. The van der Waals surface area contributed by atoms with Crippen LogP contribution in [0.4, 0.5) is 11.6 Å². The molecule has 4 N–H and O–H groups in total. The van der Waals surface area contributed by atoms with E-state index in [-0.39, 0.29) is 24.9 Å². The summed E-state index contributed by atoms with van der Waals surface area (Å²) in [7, 11) is 0. The summed E-state index contributed by atoms with van der Waals surface area (Å²) in [6.07, 6.45) is 0. The van der Waals surface area contributed by atoms with Crippen molar-refractivity contribution in [3.63, 3.8) is 0 Å². The predicted molar refractivity (Wildman–Crippen MR) is 57.4 cm³/mol. The highest BCUT2D eigenvalue weighted by Crippen LogP contribution is 2.14. The molecular weight excluding hydrogens is 210 g/mol. The van der Waals surface area contributed by atoms with Crippen molar-refractivity contribution in [1.29, 1.82) is 0 Å². The zero-order valence-corrected chi connectivity index (χ0v) is 8.43. The van der Waals surface area contributed by atoms with Crippen LogP contribution in [-0.2, 0) is 9.59 Å². The van der Waals surface area contributed by atoms with Crippen LogP contribution in [0.1, 0.15) is 0 Å². The van der Waals surface area contributed by atoms with Crippen molar-refractivity contribution in [3.8, 4) is 0 Å². The highest BCUT2D eigenvalue weighted by Gasteiger charge is 2.23. The van der Waals surface area contributed by atoms with Gasteiger partial charge in [0.1, 0.15) is 11.6 Å². The molecule has 0 unspecified atom stereocenters. The van der Waals surface area contributed by atoms with E-state index in [2.05, 4.69) is 15.7 Å². The number of pyridine rings is 1. The molecule has 1 saturated heterocycles. The van der Waals surface area contributed by atoms with Crippen LogP contribution in [0.15, 0.2) is 18.2 Å². The standard InChI is InChI=1S/C9H11N5O2/c10-13-6-2-1-3-7(11-6)14-4-8(15)12-9(16)5-14/h1-3H,4-5,10H2,(H,11,13)(H,12,15,16). The zero-order valence-electron chi connectivity index (χ0n) is 8.43. The number of nitrogens with one attached hydrogen (secondary N) is 2. The van der Waals surface area contributed by atoms with Gasteiger partial charge in [-0.15, -0.1) is 0 Å². The van der Waals surface area contributed by atoms with Gasteiger partial charge in [0.2, 0.25) is 11.8 Å². The van der Waals surface area contributed by atoms with E-state index >= 15 is 0 Å². The van der Waals surface area contributed by atoms with Crippen molar-refractivity contribution < 1.29 is 9.59 Å². The number of anilines is 2. The Kier molecular flexibility index (Phi) is 2.69. The summed E-state index contributed by atoms with van der Waals surface area (Å²) < 4.78 is 0. The molecule has 0 aliphatic carbocycles. The maximum Gasteiger partial charge on any atom is 0.246 e. The molecule has 7 nitrogen and oxygen atoms in total. The van der Waals surface area contributed by atoms with E-state index in [4.69, 9.17) is 5.84 Å². The molecule has 0 aromatic carbocycles. The first kappa shape index (κ1) is 10.4. The zero-order chi connectivity index (χ0) is 11.5. The molecule has 1 aliphatic heterocycles. The summed E-state index contributed by atoms with van der Waals surface area (Å²) in [5.74, 6) is 5.59. The van der Waals surface area contributed by atoms with E-state index in [1.807, 2.05) is 0 Å². The predicted octanol–water partition coefficient (Wildman–Crippen LogP) is -1.17. The van der Waals surface area contributed by atoms with Gasteiger partial charge in [0, 0.05) is 0 Å². The molecule has 16 heavy (non-hydrogen) atoms. The van der Waals surface area contributed by atoms with Crippen LogP contribution in [0.2, 0.25) is 0 Å². The number of imide groups is 1. The van der Waals surface area contributed by atoms with Crippen LogP contribution >= 0.6 is 0 Å². The number of amides is 2. The third kappa shape index (κ3) is 2.09. The quantitative estimate of drug-likeness (QED) is 0.330. The Morgan fingerprint density at radius 1 is 1.31 bits per heavy atom. The van der Waals surface area contributed by atoms with Crippen molar-refractivity contribution in [2.24, 2.45) is 5.84 Å². The average Bonchev–Trinajstić information content (AvgIpc) is 2.28. The van der Waals surface area contributed by atoms with Gasteiger partial charge in [-0.25, -0.2) is 10.8 Å². The number of hydrogen-bond acceptors (Lipinski definition) is 6. The summed E-state index contributed by atoms with van der Waals surface area (Å²) in [5.41, 5.74) is 2.41. The van der Waals surface area contributed by atoms with Gasteiger partial charge < -0.3 is 10.3 Å². The SMILES string of the molecule is NNc1cccc(N2CC(=O)NC(=O)C2)n1. The van der Waals surface area contributed by atoms with Gasteiger partial charge in [0.15, 0.2) is 0 Å². The lowest BCUT2D eigenvalue weighted by atomic mass is 10.3. The fourth-order valence-electron chi connectivity index (χ4n) is 1.48. The molecular formula is C9H11N5O2. The van der Waals surface area contributed by atoms with Crippen LogP contribution < -0.4 is 21.5 Å². The maximum atomic E-state index is 11.2. The van der Waals surface area contributed by atoms with E-state index < -0.39 is 0 Å². The number of nitrogens with zero attached hydrogens (tertiary/aromatic N) is 2. The summed E-state index contributed by atoms with van der Waals surface area (Å²) in [5, 5.41) is 2.22. The number of piperazine rings is 1. The normalized spacial score (nSPS) is 15.9. The first-order chi connectivity index (χ1) is 7.69. The van der Waals surface area contributed by atoms with Crippen molar-refractivity contribution in [2.75, 3.05) is 23.4 Å². The lowest BCUT2D eigenvalue weighted by Gasteiger charge is -2.26. The Hall–Kier alpha value is -2.15. The topological polar surface area (TPSA) is 100 Å². The lowest BCUT2D eigenvalue weighted by molar-refractivity contribution is -0.130. The molecule has 0 bridgehead atoms. The Bertz CT molecular complexity index is 418. The lowest BCUT2D eigenvalue weighted by Crippen LogP contribution is -2.51. The number of hydrazine groups is 1. The molecule has 0 radical (unpaired) electrons. The van der Waals surface area contributed by atoms with E-state index in [1.165, 1.54) is 0 Å². The number of carbonyl (C=O) groups is 2. The number of aromatic nitrogens is 1. The van der Waals surface area contributed by atoms with Crippen molar-refractivity contribution in [1.82, 2.24) is 10.3 Å². The van der Waals surface area contributed by atoms with Gasteiger partial charge in [-0.1, -0.05) is 6.07 Å². The molecule has 0 atom stereocenters. The molecule has 1 aromatic rings. The average molecular weight is 221 g/mol. The number of nitrogens with two attached hydrogens (primary N) is 1. The van der Waals surface area contributed by atoms with Gasteiger partial charge >= 0.3 is 0 Å². The number of nitrogen functional groups attached to an aromatic ring is 1. The van der Waals surface area contributed by atoms with Crippen molar-refractivity contribution in [2.45, 2.75) is 0 Å². The maximum absolute atomic E-state index is 11.2. The molecule has 1 aromatic heterocycles. The second-order valence-corrected chi connectivity index (χ2v) is 3.35. The Labute approximate surface area is 91.6 Å². The van der Waals surface area contributed by atoms with Crippen molar-refractivity contribution >= 4 is 23.5 Å². The van der Waals surface area contributed by atoms with Crippen molar-refractivity contribution in [3.05, 3.63) is 18.2 Å². The first-order valence-corrected chi connectivity index (χ1v) is 4.70. The fourth-order valence-corrected chi connectivity index (χ4v) is 1.48. The minimum absolute atomic E-state index is 0.118. The van der Waals surface area contributed by atoms with E-state index in [0.29, 0.717) is 11.6 Å². The van der Waals surface area contributed by atoms with Gasteiger partial charge in [0.25, 0.3) is 0 Å². The number of carbonyl (C=O) groups excluding carboxylic acids is 2. The molecule has 0 saturated carbocycles. The second kappa shape index (κ2) is 4.15. The molecule has 1 aliphatic rings. The van der Waals surface area contributed by atoms with Gasteiger partial charge in [0.05, 0.1) is 13.1 Å². The minimum Gasteiger partial charge on any atom is -0.338 e. The van der Waals surface area contributed by atoms with Gasteiger partial charge in [-0.3, -0.25) is 14.9 Å². The Morgan fingerprint density at radius 2 is 2.00 bits per heavy atom. The smallest absolute Gasteiger partial charge is 0.246 e. The van der Waals surface area contributed by atoms with Crippen LogP contribution in [0.3, 0.4) is 0 Å². The minimum atomic E-state index is -0.329. The number of hydrogen-bond donors (Lipinski definition) is 3. The van der Waals surface area contributed by atoms with Crippen LogP contribution in [0.5, 0.6) is 0 Å². The molecule has 2 heterocycles. The van der Waals surface area contributed by atoms with E-state index in [0.717, 1.165) is 0 Å². The van der Waals surface area contributed by atoms with Crippen LogP contribution in [0.25, 0.3) is 0 Å². The van der Waals surface area contributed by atoms with Crippen LogP contribution in [-0.4, -0.2) is 29.9 Å². The monoisotopic (exact) mass is 221 g/mol. The molecule has 1 fully saturated rings.